The normalized spacial score (nSPS) is 10.9. The number of carbonyl (C=O) groups is 1. The fraction of sp³-hybridized carbons (Fsp3) is 0. The van der Waals surface area contributed by atoms with E-state index in [4.69, 9.17) is 28.3 Å². The lowest BCUT2D eigenvalue weighted by Gasteiger charge is -2.07. The molecule has 0 saturated heterocycles. The molecule has 20 heavy (non-hydrogen) atoms. The molecule has 0 fully saturated rings. The molecule has 3 aromatic rings. The summed E-state index contributed by atoms with van der Waals surface area (Å²) in [5.41, 5.74) is 1.27. The standard InChI is InChI=1S/C13H7Cl2N3O2/c14-7-1-2-9(15)8(5-7)11-3-4-16-13-17-10(12(19)20)6-18(11)13/h1-6H,(H,19,20). The molecular formula is C13H7Cl2N3O2. The summed E-state index contributed by atoms with van der Waals surface area (Å²) in [5, 5.41) is 10.0. The summed E-state index contributed by atoms with van der Waals surface area (Å²) in [6.45, 7) is 0. The van der Waals surface area contributed by atoms with E-state index in [0.29, 0.717) is 21.3 Å². The van der Waals surface area contributed by atoms with Crippen molar-refractivity contribution in [1.29, 1.82) is 0 Å². The summed E-state index contributed by atoms with van der Waals surface area (Å²) in [5.74, 6) is -0.824. The number of nitrogens with zero attached hydrogens (tertiary/aromatic N) is 3. The molecule has 5 nitrogen and oxygen atoms in total. The van der Waals surface area contributed by atoms with Crippen LogP contribution in [0.2, 0.25) is 10.0 Å². The second-order valence-corrected chi connectivity index (χ2v) is 4.90. The molecule has 0 bridgehead atoms. The van der Waals surface area contributed by atoms with Crippen molar-refractivity contribution in [3.63, 3.8) is 0 Å². The van der Waals surface area contributed by atoms with Gasteiger partial charge in [-0.3, -0.25) is 4.40 Å². The molecule has 0 aliphatic heterocycles. The highest BCUT2D eigenvalue weighted by Gasteiger charge is 2.14. The molecule has 0 aliphatic carbocycles. The van der Waals surface area contributed by atoms with Gasteiger partial charge in [0.05, 0.1) is 10.7 Å². The van der Waals surface area contributed by atoms with Crippen molar-refractivity contribution in [3.05, 3.63) is 52.4 Å². The van der Waals surface area contributed by atoms with Crippen molar-refractivity contribution >= 4 is 34.9 Å². The van der Waals surface area contributed by atoms with Crippen molar-refractivity contribution in [1.82, 2.24) is 14.4 Å². The number of carboxylic acid groups (broad SMARTS) is 1. The van der Waals surface area contributed by atoms with E-state index in [1.54, 1.807) is 34.9 Å². The number of imidazole rings is 1. The van der Waals surface area contributed by atoms with Crippen LogP contribution in [-0.2, 0) is 0 Å². The Morgan fingerprint density at radius 3 is 2.80 bits per heavy atom. The molecule has 0 spiro atoms. The van der Waals surface area contributed by atoms with Gasteiger partial charge >= 0.3 is 5.97 Å². The monoisotopic (exact) mass is 307 g/mol. The van der Waals surface area contributed by atoms with Crippen LogP contribution in [0.15, 0.2) is 36.7 Å². The van der Waals surface area contributed by atoms with Gasteiger partial charge in [0.1, 0.15) is 0 Å². The van der Waals surface area contributed by atoms with Crippen molar-refractivity contribution in [2.45, 2.75) is 0 Å². The van der Waals surface area contributed by atoms with Crippen LogP contribution in [0.4, 0.5) is 0 Å². The van der Waals surface area contributed by atoms with Gasteiger partial charge in [0, 0.05) is 23.0 Å². The third kappa shape index (κ3) is 2.11. The Kier molecular flexibility index (Phi) is 3.08. The van der Waals surface area contributed by atoms with Crippen molar-refractivity contribution in [2.75, 3.05) is 0 Å². The zero-order valence-electron chi connectivity index (χ0n) is 9.92. The van der Waals surface area contributed by atoms with Crippen LogP contribution in [0.1, 0.15) is 10.5 Å². The Morgan fingerprint density at radius 2 is 2.05 bits per heavy atom. The smallest absolute Gasteiger partial charge is 0.356 e. The fourth-order valence-electron chi connectivity index (χ4n) is 1.91. The molecule has 1 aromatic carbocycles. The Labute approximate surface area is 123 Å². The van der Waals surface area contributed by atoms with Crippen LogP contribution in [-0.4, -0.2) is 25.4 Å². The zero-order valence-corrected chi connectivity index (χ0v) is 11.4. The Morgan fingerprint density at radius 1 is 1.25 bits per heavy atom. The van der Waals surface area contributed by atoms with E-state index in [2.05, 4.69) is 9.97 Å². The second-order valence-electron chi connectivity index (χ2n) is 4.06. The summed E-state index contributed by atoms with van der Waals surface area (Å²) in [6.07, 6.45) is 2.94. The molecule has 0 radical (unpaired) electrons. The molecule has 2 aromatic heterocycles. The van der Waals surface area contributed by atoms with Gasteiger partial charge in [0.15, 0.2) is 5.69 Å². The van der Waals surface area contributed by atoms with E-state index in [-0.39, 0.29) is 11.5 Å². The molecule has 0 amide bonds. The molecule has 0 saturated carbocycles. The first kappa shape index (κ1) is 12.9. The number of rotatable bonds is 2. The summed E-state index contributed by atoms with van der Waals surface area (Å²) in [4.78, 5) is 19.0. The highest BCUT2D eigenvalue weighted by atomic mass is 35.5. The minimum Gasteiger partial charge on any atom is -0.476 e. The third-order valence-corrected chi connectivity index (χ3v) is 3.36. The Bertz CT molecular complexity index is 830. The average Bonchev–Trinajstić information content (AvgIpc) is 2.85. The van der Waals surface area contributed by atoms with Gasteiger partial charge in [-0.25, -0.2) is 14.8 Å². The number of aromatic carboxylic acids is 1. The number of carboxylic acids is 1. The summed E-state index contributed by atoms with van der Waals surface area (Å²) in [7, 11) is 0. The molecule has 7 heteroatoms. The molecular weight excluding hydrogens is 301 g/mol. The predicted octanol–water partition coefficient (Wildman–Crippen LogP) is 3.40. The molecule has 2 heterocycles. The van der Waals surface area contributed by atoms with Crippen LogP contribution in [0.3, 0.4) is 0 Å². The largest absolute Gasteiger partial charge is 0.476 e. The highest BCUT2D eigenvalue weighted by molar-refractivity contribution is 6.35. The minimum absolute atomic E-state index is 0.0805. The van der Waals surface area contributed by atoms with Crippen LogP contribution >= 0.6 is 23.2 Å². The number of benzene rings is 1. The van der Waals surface area contributed by atoms with E-state index in [0.717, 1.165) is 0 Å². The van der Waals surface area contributed by atoms with E-state index in [9.17, 15) is 4.79 Å². The number of hydrogen-bond donors (Lipinski definition) is 1. The lowest BCUT2D eigenvalue weighted by molar-refractivity contribution is 0.0691. The third-order valence-electron chi connectivity index (χ3n) is 2.79. The van der Waals surface area contributed by atoms with Crippen LogP contribution in [0.25, 0.3) is 17.0 Å². The Balaban J connectivity index is 2.30. The van der Waals surface area contributed by atoms with Gasteiger partial charge in [-0.1, -0.05) is 23.2 Å². The summed E-state index contributed by atoms with van der Waals surface area (Å²) >= 11 is 12.2. The SMILES string of the molecule is O=C(O)c1cn2c(-c3cc(Cl)ccc3Cl)ccnc2n1. The van der Waals surface area contributed by atoms with Crippen molar-refractivity contribution in [2.24, 2.45) is 0 Å². The number of fused-ring (bicyclic) bond motifs is 1. The molecule has 0 aliphatic rings. The second kappa shape index (κ2) is 4.77. The lowest BCUT2D eigenvalue weighted by Crippen LogP contribution is -1.95. The quantitative estimate of drug-likeness (QED) is 0.788. The van der Waals surface area contributed by atoms with Gasteiger partial charge in [0.2, 0.25) is 5.78 Å². The maximum atomic E-state index is 11.0. The first-order valence-corrected chi connectivity index (χ1v) is 6.34. The van der Waals surface area contributed by atoms with Gasteiger partial charge in [-0.15, -0.1) is 0 Å². The number of aromatic nitrogens is 3. The molecule has 100 valence electrons. The van der Waals surface area contributed by atoms with Crippen LogP contribution in [0, 0.1) is 0 Å². The summed E-state index contributed by atoms with van der Waals surface area (Å²) in [6, 6.07) is 6.79. The number of halogens is 2. The van der Waals surface area contributed by atoms with E-state index in [1.807, 2.05) is 0 Å². The molecule has 1 N–H and O–H groups in total. The first-order chi connectivity index (χ1) is 9.56. The minimum atomic E-state index is -1.11. The molecule has 3 rings (SSSR count). The predicted molar refractivity (Wildman–Crippen MR) is 75.4 cm³/mol. The fourth-order valence-corrected chi connectivity index (χ4v) is 2.30. The van der Waals surface area contributed by atoms with Crippen molar-refractivity contribution < 1.29 is 9.90 Å². The van der Waals surface area contributed by atoms with Crippen molar-refractivity contribution in [3.8, 4) is 11.3 Å². The van der Waals surface area contributed by atoms with Gasteiger partial charge in [-0.05, 0) is 24.3 Å². The highest BCUT2D eigenvalue weighted by Crippen LogP contribution is 2.30. The maximum Gasteiger partial charge on any atom is 0.356 e. The topological polar surface area (TPSA) is 67.5 Å². The maximum absolute atomic E-state index is 11.0. The summed E-state index contributed by atoms with van der Waals surface area (Å²) < 4.78 is 1.57. The molecule has 0 atom stereocenters. The van der Waals surface area contributed by atoms with Gasteiger partial charge in [0.25, 0.3) is 0 Å². The van der Waals surface area contributed by atoms with E-state index >= 15 is 0 Å². The number of hydrogen-bond acceptors (Lipinski definition) is 3. The van der Waals surface area contributed by atoms with Gasteiger partial charge < -0.3 is 5.11 Å². The van der Waals surface area contributed by atoms with E-state index in [1.165, 1.54) is 6.20 Å². The Hall–Kier alpha value is -2.11. The lowest BCUT2D eigenvalue weighted by atomic mass is 10.1. The van der Waals surface area contributed by atoms with Gasteiger partial charge in [-0.2, -0.15) is 0 Å². The van der Waals surface area contributed by atoms with Crippen LogP contribution < -0.4 is 0 Å². The molecule has 0 unspecified atom stereocenters. The zero-order chi connectivity index (χ0) is 14.3. The van der Waals surface area contributed by atoms with Crippen LogP contribution in [0.5, 0.6) is 0 Å². The average molecular weight is 308 g/mol. The van der Waals surface area contributed by atoms with E-state index < -0.39 is 5.97 Å². The first-order valence-electron chi connectivity index (χ1n) is 5.59.